The van der Waals surface area contributed by atoms with E-state index in [1.54, 1.807) is 11.3 Å². The van der Waals surface area contributed by atoms with Gasteiger partial charge in [-0.05, 0) is 53.6 Å². The Labute approximate surface area is 296 Å². The van der Waals surface area contributed by atoms with Crippen LogP contribution in [0.25, 0.3) is 81.8 Å². The molecule has 0 amide bonds. The summed E-state index contributed by atoms with van der Waals surface area (Å²) in [5.41, 5.74) is 8.01. The molecule has 1 aliphatic heterocycles. The van der Waals surface area contributed by atoms with E-state index in [2.05, 4.69) is 103 Å². The van der Waals surface area contributed by atoms with Crippen molar-refractivity contribution in [3.8, 4) is 39.9 Å². The van der Waals surface area contributed by atoms with Gasteiger partial charge in [0.25, 0.3) is 0 Å². The smallest absolute Gasteiger partial charge is 0.164 e. The molecule has 51 heavy (non-hydrogen) atoms. The van der Waals surface area contributed by atoms with E-state index in [1.165, 1.54) is 25.9 Å². The monoisotopic (exact) mass is 673 g/mol. The summed E-state index contributed by atoms with van der Waals surface area (Å²) in [4.78, 5) is 15.5. The van der Waals surface area contributed by atoms with Crippen LogP contribution in [0.4, 0.5) is 0 Å². The molecule has 6 heteroatoms. The zero-order valence-corrected chi connectivity index (χ0v) is 28.0. The largest absolute Gasteiger partial charge is 0.485 e. The lowest BCUT2D eigenvalue weighted by Crippen LogP contribution is -2.19. The fourth-order valence-electron chi connectivity index (χ4n) is 7.87. The predicted molar refractivity (Wildman–Crippen MR) is 207 cm³/mol. The van der Waals surface area contributed by atoms with Crippen LogP contribution in [0, 0.1) is 0 Å². The van der Waals surface area contributed by atoms with Gasteiger partial charge in [0.1, 0.15) is 23.0 Å². The Morgan fingerprint density at radius 3 is 2.20 bits per heavy atom. The number of thiophene rings is 1. The quantitative estimate of drug-likeness (QED) is 0.186. The van der Waals surface area contributed by atoms with Gasteiger partial charge in [-0.15, -0.1) is 11.3 Å². The van der Waals surface area contributed by atoms with Crippen LogP contribution >= 0.6 is 11.3 Å². The van der Waals surface area contributed by atoms with Gasteiger partial charge in [0.15, 0.2) is 17.5 Å². The second kappa shape index (κ2) is 11.1. The highest BCUT2D eigenvalue weighted by atomic mass is 32.1. The van der Waals surface area contributed by atoms with Crippen LogP contribution < -0.4 is 4.74 Å². The molecule has 4 heterocycles. The molecule has 0 bridgehead atoms. The van der Waals surface area contributed by atoms with Crippen LogP contribution in [0.15, 0.2) is 156 Å². The molecule has 3 aromatic heterocycles. The first-order chi connectivity index (χ1) is 25.3. The summed E-state index contributed by atoms with van der Waals surface area (Å²) >= 11 is 1.79. The molecule has 0 saturated heterocycles. The van der Waals surface area contributed by atoms with Crippen LogP contribution in [0.3, 0.4) is 0 Å². The van der Waals surface area contributed by atoms with Crippen LogP contribution in [-0.2, 0) is 0 Å². The lowest BCUT2D eigenvalue weighted by molar-refractivity contribution is 0.271. The Kier molecular flexibility index (Phi) is 6.18. The van der Waals surface area contributed by atoms with Gasteiger partial charge >= 0.3 is 0 Å². The number of furan rings is 1. The highest BCUT2D eigenvalue weighted by Crippen LogP contribution is 2.49. The van der Waals surface area contributed by atoms with Crippen LogP contribution in [-0.4, -0.2) is 21.1 Å². The van der Waals surface area contributed by atoms with Gasteiger partial charge in [0.2, 0.25) is 0 Å². The van der Waals surface area contributed by atoms with E-state index in [0.29, 0.717) is 17.5 Å². The van der Waals surface area contributed by atoms with Crippen LogP contribution in [0.1, 0.15) is 17.0 Å². The summed E-state index contributed by atoms with van der Waals surface area (Å²) in [6.07, 6.45) is 6.45. The number of hydrogen-bond donors (Lipinski definition) is 0. The fourth-order valence-corrected chi connectivity index (χ4v) is 9.00. The lowest BCUT2D eigenvalue weighted by Gasteiger charge is -2.23. The van der Waals surface area contributed by atoms with E-state index < -0.39 is 0 Å². The molecular weight excluding hydrogens is 647 g/mol. The van der Waals surface area contributed by atoms with Crippen LogP contribution in [0.2, 0.25) is 0 Å². The summed E-state index contributed by atoms with van der Waals surface area (Å²) in [6.45, 7) is 0. The minimum atomic E-state index is -0.0281. The van der Waals surface area contributed by atoms with Gasteiger partial charge < -0.3 is 9.15 Å². The van der Waals surface area contributed by atoms with Gasteiger partial charge in [-0.2, -0.15) is 0 Å². The average Bonchev–Trinajstić information content (AvgIpc) is 3.89. The molecule has 2 unspecified atom stereocenters. The molecule has 1 aliphatic carbocycles. The second-order valence-corrected chi connectivity index (χ2v) is 14.1. The third kappa shape index (κ3) is 4.43. The summed E-state index contributed by atoms with van der Waals surface area (Å²) in [6, 6.07) is 46.1. The highest BCUT2D eigenvalue weighted by Gasteiger charge is 2.37. The predicted octanol–water partition coefficient (Wildman–Crippen LogP) is 11.6. The highest BCUT2D eigenvalue weighted by molar-refractivity contribution is 7.25. The van der Waals surface area contributed by atoms with E-state index in [1.807, 2.05) is 48.5 Å². The van der Waals surface area contributed by atoms with Crippen molar-refractivity contribution < 1.29 is 9.15 Å². The Hall–Kier alpha value is -6.37. The van der Waals surface area contributed by atoms with Gasteiger partial charge in [-0.25, -0.2) is 15.0 Å². The second-order valence-electron chi connectivity index (χ2n) is 13.0. The normalized spacial score (nSPS) is 16.4. The van der Waals surface area contributed by atoms with Crippen molar-refractivity contribution in [2.45, 2.75) is 12.0 Å². The van der Waals surface area contributed by atoms with Crippen LogP contribution in [0.5, 0.6) is 5.75 Å². The molecule has 6 aromatic carbocycles. The fraction of sp³-hybridized carbons (Fsp3) is 0.0444. The summed E-state index contributed by atoms with van der Waals surface area (Å²) in [7, 11) is 0. The molecule has 2 atom stereocenters. The third-order valence-electron chi connectivity index (χ3n) is 10.1. The number of rotatable bonds is 4. The van der Waals surface area contributed by atoms with E-state index in [0.717, 1.165) is 55.3 Å². The summed E-state index contributed by atoms with van der Waals surface area (Å²) in [5, 5.41) is 4.37. The number of para-hydroxylation sites is 1. The molecule has 0 fully saturated rings. The summed E-state index contributed by atoms with van der Waals surface area (Å²) in [5.74, 6) is 2.95. The maximum Gasteiger partial charge on any atom is 0.164 e. The Balaban J connectivity index is 1.13. The van der Waals surface area contributed by atoms with Crippen molar-refractivity contribution in [1.29, 1.82) is 0 Å². The minimum Gasteiger partial charge on any atom is -0.485 e. The van der Waals surface area contributed by atoms with Crippen molar-refractivity contribution in [1.82, 2.24) is 15.0 Å². The number of hydrogen-bond acceptors (Lipinski definition) is 6. The Bertz CT molecular complexity index is 2920. The van der Waals surface area contributed by atoms with Crippen molar-refractivity contribution in [3.63, 3.8) is 0 Å². The number of allylic oxidation sites excluding steroid dienone is 2. The van der Waals surface area contributed by atoms with Crippen molar-refractivity contribution >= 4 is 59.0 Å². The molecular formula is C45H27N3O2S. The number of aromatic nitrogens is 3. The third-order valence-corrected chi connectivity index (χ3v) is 11.3. The molecule has 0 N–H and O–H groups in total. The van der Waals surface area contributed by atoms with E-state index in [4.69, 9.17) is 24.1 Å². The maximum atomic E-state index is 6.50. The Morgan fingerprint density at radius 1 is 0.549 bits per heavy atom. The van der Waals surface area contributed by atoms with Gasteiger partial charge in [0.05, 0.1) is 5.92 Å². The first-order valence-electron chi connectivity index (χ1n) is 17.1. The number of nitrogens with zero attached hydrogens (tertiary/aromatic N) is 3. The molecule has 5 nitrogen and oxygen atoms in total. The van der Waals surface area contributed by atoms with Gasteiger partial charge in [-0.1, -0.05) is 109 Å². The average molecular weight is 674 g/mol. The number of fused-ring (bicyclic) bond motifs is 9. The minimum absolute atomic E-state index is 0.0281. The zero-order valence-electron chi connectivity index (χ0n) is 27.2. The van der Waals surface area contributed by atoms with E-state index >= 15 is 0 Å². The maximum absolute atomic E-state index is 6.50. The first kappa shape index (κ1) is 28.5. The molecule has 240 valence electrons. The van der Waals surface area contributed by atoms with Crippen molar-refractivity contribution in [2.24, 2.45) is 0 Å². The topological polar surface area (TPSA) is 61.0 Å². The van der Waals surface area contributed by atoms with Crippen molar-refractivity contribution in [3.05, 3.63) is 163 Å². The van der Waals surface area contributed by atoms with Gasteiger partial charge in [-0.3, -0.25) is 0 Å². The Morgan fingerprint density at radius 2 is 1.29 bits per heavy atom. The summed E-state index contributed by atoms with van der Waals surface area (Å²) < 4.78 is 15.3. The SMILES string of the molecule is C1=CC2Oc3ccccc3C2C(c2ccc3oc4cccc(-c5nc(-c6ccccc6)nc(-c6cccc7sc8ccccc8c67)n5)c4c3c2)=C1. The molecule has 11 rings (SSSR count). The zero-order chi connectivity index (χ0) is 33.5. The molecule has 2 aliphatic rings. The van der Waals surface area contributed by atoms with Gasteiger partial charge in [0, 0.05) is 53.2 Å². The molecule has 0 radical (unpaired) electrons. The molecule has 0 saturated carbocycles. The standard InChI is InChI=1S/C45H27N3O2S/c1-2-11-26(12-3-1)43-46-44(48-45(47-43)32-17-10-22-39-42(32)30-14-5-7-21-38(30)51-39)31-16-9-20-37-41(31)33-25-27(23-24-35(33)50-37)28-15-8-19-36-40(28)29-13-4-6-18-34(29)49-36/h1-25,36,40H. The lowest BCUT2D eigenvalue weighted by atomic mass is 9.81. The van der Waals surface area contributed by atoms with E-state index in [-0.39, 0.29) is 12.0 Å². The van der Waals surface area contributed by atoms with E-state index in [9.17, 15) is 0 Å². The molecule has 9 aromatic rings. The molecule has 0 spiro atoms. The number of benzene rings is 6. The van der Waals surface area contributed by atoms with Crippen molar-refractivity contribution in [2.75, 3.05) is 0 Å². The number of ether oxygens (including phenoxy) is 1. The first-order valence-corrected chi connectivity index (χ1v) is 17.9.